The first-order chi connectivity index (χ1) is 8.39. The number of anilines is 2. The highest BCUT2D eigenvalue weighted by atomic mass is 32.2. The number of rotatable bonds is 1. The van der Waals surface area contributed by atoms with Crippen LogP contribution in [0.2, 0.25) is 0 Å². The van der Waals surface area contributed by atoms with Crippen LogP contribution in [0.5, 0.6) is 0 Å². The van der Waals surface area contributed by atoms with Gasteiger partial charge in [0, 0.05) is 18.7 Å². The Hall–Kier alpha value is -1.37. The number of hydrogen-bond donors (Lipinski definition) is 1. The van der Waals surface area contributed by atoms with Crippen molar-refractivity contribution in [1.82, 2.24) is 9.97 Å². The number of nitrogens with two attached hydrogens (primary N) is 1. The molecule has 1 aromatic rings. The van der Waals surface area contributed by atoms with Gasteiger partial charge in [-0.05, 0) is 20.3 Å². The summed E-state index contributed by atoms with van der Waals surface area (Å²) in [5.41, 5.74) is 6.64. The summed E-state index contributed by atoms with van der Waals surface area (Å²) in [6, 6.07) is 0. The van der Waals surface area contributed by atoms with Crippen molar-refractivity contribution in [3.05, 3.63) is 11.4 Å². The Bertz CT molecular complexity index is 556. The maximum absolute atomic E-state index is 11.6. The molecule has 0 spiro atoms. The van der Waals surface area contributed by atoms with Crippen molar-refractivity contribution < 1.29 is 8.42 Å². The highest BCUT2D eigenvalue weighted by Crippen LogP contribution is 2.22. The first-order valence-electron chi connectivity index (χ1n) is 5.95. The smallest absolute Gasteiger partial charge is 0.152 e. The van der Waals surface area contributed by atoms with Crippen molar-refractivity contribution in [3.63, 3.8) is 0 Å². The van der Waals surface area contributed by atoms with E-state index in [1.807, 2.05) is 11.8 Å². The molecule has 0 bridgehead atoms. The number of aryl methyl sites for hydroxylation is 1. The van der Waals surface area contributed by atoms with Crippen molar-refractivity contribution in [1.29, 1.82) is 0 Å². The maximum Gasteiger partial charge on any atom is 0.152 e. The Morgan fingerprint density at radius 1 is 1.17 bits per heavy atom. The van der Waals surface area contributed by atoms with Crippen LogP contribution in [0.1, 0.15) is 17.8 Å². The van der Waals surface area contributed by atoms with E-state index in [0.717, 1.165) is 11.4 Å². The molecular weight excluding hydrogens is 252 g/mol. The average molecular weight is 270 g/mol. The monoisotopic (exact) mass is 270 g/mol. The first kappa shape index (κ1) is 13.1. The summed E-state index contributed by atoms with van der Waals surface area (Å²) in [7, 11) is -2.91. The van der Waals surface area contributed by atoms with Gasteiger partial charge in [0.1, 0.15) is 17.5 Å². The lowest BCUT2D eigenvalue weighted by Gasteiger charge is -2.23. The average Bonchev–Trinajstić information content (AvgIpc) is 2.45. The number of nitrogen functional groups attached to an aromatic ring is 1. The molecule has 2 heterocycles. The second-order valence-corrected chi connectivity index (χ2v) is 6.90. The fraction of sp³-hybridized carbons (Fsp3) is 0.636. The lowest BCUT2D eigenvalue weighted by atomic mass is 10.2. The number of sulfone groups is 1. The van der Waals surface area contributed by atoms with Gasteiger partial charge in [-0.3, -0.25) is 0 Å². The van der Waals surface area contributed by atoms with Crippen molar-refractivity contribution in [3.8, 4) is 0 Å². The second kappa shape index (κ2) is 4.72. The molecule has 18 heavy (non-hydrogen) atoms. The third-order valence-electron chi connectivity index (χ3n) is 3.12. The standard InChI is InChI=1S/C11H18N4O2S/c1-8-10(12)13-9(2)14-11(8)15-4-3-6-18(16,17)7-5-15/h3-7H2,1-2H3,(H2,12,13,14). The minimum absolute atomic E-state index is 0.176. The Labute approximate surface area is 107 Å². The molecule has 2 N–H and O–H groups in total. The van der Waals surface area contributed by atoms with Gasteiger partial charge in [-0.2, -0.15) is 0 Å². The van der Waals surface area contributed by atoms with E-state index in [4.69, 9.17) is 5.73 Å². The van der Waals surface area contributed by atoms with E-state index in [0.29, 0.717) is 31.2 Å². The third kappa shape index (κ3) is 2.72. The quantitative estimate of drug-likeness (QED) is 0.789. The summed E-state index contributed by atoms with van der Waals surface area (Å²) in [6.07, 6.45) is 0.630. The predicted molar refractivity (Wildman–Crippen MR) is 71.4 cm³/mol. The first-order valence-corrected chi connectivity index (χ1v) is 7.77. The Morgan fingerprint density at radius 2 is 1.89 bits per heavy atom. The molecule has 1 aromatic heterocycles. The number of nitrogens with zero attached hydrogens (tertiary/aromatic N) is 3. The van der Waals surface area contributed by atoms with Crippen LogP contribution in [0.25, 0.3) is 0 Å². The molecule has 0 aromatic carbocycles. The van der Waals surface area contributed by atoms with Gasteiger partial charge in [0.25, 0.3) is 0 Å². The van der Waals surface area contributed by atoms with Crippen molar-refractivity contribution >= 4 is 21.5 Å². The van der Waals surface area contributed by atoms with Crippen LogP contribution in [0.4, 0.5) is 11.6 Å². The predicted octanol–water partition coefficient (Wildman–Crippen LogP) is 0.301. The lowest BCUT2D eigenvalue weighted by molar-refractivity contribution is 0.597. The van der Waals surface area contributed by atoms with Gasteiger partial charge in [-0.25, -0.2) is 18.4 Å². The molecule has 1 aliphatic heterocycles. The summed E-state index contributed by atoms with van der Waals surface area (Å²) in [5.74, 6) is 2.26. The van der Waals surface area contributed by atoms with Gasteiger partial charge in [-0.15, -0.1) is 0 Å². The van der Waals surface area contributed by atoms with Crippen LogP contribution in [-0.2, 0) is 9.84 Å². The van der Waals surface area contributed by atoms with Crippen molar-refractivity contribution in [2.75, 3.05) is 35.2 Å². The van der Waals surface area contributed by atoms with Crippen LogP contribution >= 0.6 is 0 Å². The van der Waals surface area contributed by atoms with Crippen LogP contribution in [-0.4, -0.2) is 43.0 Å². The van der Waals surface area contributed by atoms with Gasteiger partial charge < -0.3 is 10.6 Å². The van der Waals surface area contributed by atoms with Crippen LogP contribution in [0.15, 0.2) is 0 Å². The molecular formula is C11H18N4O2S. The van der Waals surface area contributed by atoms with Gasteiger partial charge in [-0.1, -0.05) is 0 Å². The zero-order valence-corrected chi connectivity index (χ0v) is 11.5. The van der Waals surface area contributed by atoms with E-state index in [1.54, 1.807) is 6.92 Å². The fourth-order valence-corrected chi connectivity index (χ4v) is 3.36. The molecule has 0 amide bonds. The van der Waals surface area contributed by atoms with E-state index in [9.17, 15) is 8.42 Å². The third-order valence-corrected chi connectivity index (χ3v) is 4.84. The minimum atomic E-state index is -2.91. The van der Waals surface area contributed by atoms with E-state index in [1.165, 1.54) is 0 Å². The van der Waals surface area contributed by atoms with E-state index >= 15 is 0 Å². The highest BCUT2D eigenvalue weighted by molar-refractivity contribution is 7.91. The Balaban J connectivity index is 2.32. The van der Waals surface area contributed by atoms with E-state index in [-0.39, 0.29) is 11.5 Å². The van der Waals surface area contributed by atoms with Crippen molar-refractivity contribution in [2.24, 2.45) is 0 Å². The molecule has 0 aliphatic carbocycles. The summed E-state index contributed by atoms with van der Waals surface area (Å²) >= 11 is 0. The van der Waals surface area contributed by atoms with Crippen LogP contribution in [0, 0.1) is 13.8 Å². The summed E-state index contributed by atoms with van der Waals surface area (Å²) in [4.78, 5) is 10.5. The maximum atomic E-state index is 11.6. The Morgan fingerprint density at radius 3 is 2.61 bits per heavy atom. The summed E-state index contributed by atoms with van der Waals surface area (Å²) in [6.45, 7) is 4.81. The second-order valence-electron chi connectivity index (χ2n) is 4.60. The van der Waals surface area contributed by atoms with Crippen molar-refractivity contribution in [2.45, 2.75) is 20.3 Å². The molecule has 0 radical (unpaired) electrons. The zero-order valence-electron chi connectivity index (χ0n) is 10.7. The topological polar surface area (TPSA) is 89.2 Å². The van der Waals surface area contributed by atoms with Crippen LogP contribution in [0.3, 0.4) is 0 Å². The molecule has 1 saturated heterocycles. The molecule has 0 atom stereocenters. The normalized spacial score (nSPS) is 19.6. The zero-order chi connectivity index (χ0) is 13.3. The molecule has 1 fully saturated rings. The minimum Gasteiger partial charge on any atom is -0.383 e. The molecule has 100 valence electrons. The number of hydrogen-bond acceptors (Lipinski definition) is 6. The largest absolute Gasteiger partial charge is 0.383 e. The van der Waals surface area contributed by atoms with Crippen LogP contribution < -0.4 is 10.6 Å². The van der Waals surface area contributed by atoms with E-state index < -0.39 is 9.84 Å². The van der Waals surface area contributed by atoms with Gasteiger partial charge in [0.2, 0.25) is 0 Å². The fourth-order valence-electron chi connectivity index (χ4n) is 2.09. The van der Waals surface area contributed by atoms with E-state index in [2.05, 4.69) is 9.97 Å². The lowest BCUT2D eigenvalue weighted by Crippen LogP contribution is -2.29. The molecule has 7 heteroatoms. The summed E-state index contributed by atoms with van der Waals surface area (Å²) in [5, 5.41) is 0. The molecule has 0 unspecified atom stereocenters. The SMILES string of the molecule is Cc1nc(N)c(C)c(N2CCCS(=O)(=O)CC2)n1. The number of aromatic nitrogens is 2. The summed E-state index contributed by atoms with van der Waals surface area (Å²) < 4.78 is 23.2. The highest BCUT2D eigenvalue weighted by Gasteiger charge is 2.22. The molecule has 2 rings (SSSR count). The van der Waals surface area contributed by atoms with Gasteiger partial charge in [0.05, 0.1) is 11.5 Å². The molecule has 0 saturated carbocycles. The Kier molecular flexibility index (Phi) is 3.43. The molecule has 6 nitrogen and oxygen atoms in total. The van der Waals surface area contributed by atoms with Gasteiger partial charge in [0.15, 0.2) is 9.84 Å². The molecule has 1 aliphatic rings. The van der Waals surface area contributed by atoms with Gasteiger partial charge >= 0.3 is 0 Å².